The molecular weight excluding hydrogens is 126 g/mol. The van der Waals surface area contributed by atoms with Crippen molar-refractivity contribution in [2.24, 2.45) is 0 Å². The highest BCUT2D eigenvalue weighted by Gasteiger charge is 2.04. The first-order chi connectivity index (χ1) is 3.39. The Morgan fingerprint density at radius 2 is 2.38 bits per heavy atom. The van der Waals surface area contributed by atoms with Crippen molar-refractivity contribution in [3.05, 3.63) is 0 Å². The zero-order chi connectivity index (χ0) is 5.11. The molecule has 8 heavy (non-hydrogen) atoms. The molecule has 0 aromatic rings. The number of nitrogens with one attached hydrogen (secondary N) is 1. The fourth-order valence-electron chi connectivity index (χ4n) is 0.697. The largest absolute Gasteiger partial charge is 0.376 e. The zero-order valence-electron chi connectivity index (χ0n) is 5.02. The highest BCUT2D eigenvalue weighted by atomic mass is 35.5. The fourth-order valence-corrected chi connectivity index (χ4v) is 0.697. The van der Waals surface area contributed by atoms with Crippen molar-refractivity contribution in [1.82, 2.24) is 5.32 Å². The Labute approximate surface area is 56.0 Å². The van der Waals surface area contributed by atoms with Crippen LogP contribution in [-0.4, -0.2) is 25.8 Å². The SMILES string of the molecule is C[C@@H]1CNCCO1.Cl. The Hall–Kier alpha value is 0.210. The van der Waals surface area contributed by atoms with Crippen LogP contribution in [-0.2, 0) is 4.74 Å². The molecule has 0 bridgehead atoms. The predicted octanol–water partition coefficient (Wildman–Crippen LogP) is 0.416. The molecule has 1 atom stereocenters. The first-order valence-electron chi connectivity index (χ1n) is 2.72. The summed E-state index contributed by atoms with van der Waals surface area (Å²) in [5.74, 6) is 0. The molecule has 3 heteroatoms. The summed E-state index contributed by atoms with van der Waals surface area (Å²) in [5.41, 5.74) is 0. The Morgan fingerprint density at radius 3 is 2.62 bits per heavy atom. The molecule has 1 aliphatic heterocycles. The third-order valence-corrected chi connectivity index (χ3v) is 1.11. The van der Waals surface area contributed by atoms with Crippen LogP contribution in [0.15, 0.2) is 0 Å². The molecule has 1 N–H and O–H groups in total. The van der Waals surface area contributed by atoms with Gasteiger partial charge in [-0.25, -0.2) is 0 Å². The van der Waals surface area contributed by atoms with Crippen LogP contribution in [0.4, 0.5) is 0 Å². The number of rotatable bonds is 0. The summed E-state index contributed by atoms with van der Waals surface area (Å²) in [5, 5.41) is 3.21. The lowest BCUT2D eigenvalue weighted by atomic mass is 10.3. The van der Waals surface area contributed by atoms with Gasteiger partial charge in [-0.3, -0.25) is 0 Å². The highest BCUT2D eigenvalue weighted by molar-refractivity contribution is 5.85. The van der Waals surface area contributed by atoms with Crippen LogP contribution in [0.1, 0.15) is 6.92 Å². The molecule has 0 aromatic heterocycles. The second-order valence-corrected chi connectivity index (χ2v) is 1.89. The highest BCUT2D eigenvalue weighted by Crippen LogP contribution is 1.91. The van der Waals surface area contributed by atoms with Crippen molar-refractivity contribution < 1.29 is 4.74 Å². The second kappa shape index (κ2) is 4.13. The predicted molar refractivity (Wildman–Crippen MR) is 35.5 cm³/mol. The lowest BCUT2D eigenvalue weighted by Gasteiger charge is -2.18. The van der Waals surface area contributed by atoms with E-state index in [1.807, 2.05) is 0 Å². The molecule has 50 valence electrons. The van der Waals surface area contributed by atoms with Crippen LogP contribution in [0, 0.1) is 0 Å². The maximum atomic E-state index is 5.22. The third kappa shape index (κ3) is 2.50. The topological polar surface area (TPSA) is 21.3 Å². The van der Waals surface area contributed by atoms with E-state index in [-0.39, 0.29) is 12.4 Å². The molecule has 2 nitrogen and oxygen atoms in total. The first-order valence-corrected chi connectivity index (χ1v) is 2.72. The Bertz CT molecular complexity index is 54.4. The van der Waals surface area contributed by atoms with Gasteiger partial charge in [0, 0.05) is 13.1 Å². The van der Waals surface area contributed by atoms with Crippen LogP contribution < -0.4 is 5.32 Å². The van der Waals surface area contributed by atoms with Gasteiger partial charge in [-0.15, -0.1) is 12.4 Å². The van der Waals surface area contributed by atoms with Crippen molar-refractivity contribution in [2.75, 3.05) is 19.7 Å². The van der Waals surface area contributed by atoms with E-state index in [9.17, 15) is 0 Å². The number of ether oxygens (including phenoxy) is 1. The molecule has 0 spiro atoms. The van der Waals surface area contributed by atoms with Gasteiger partial charge in [-0.1, -0.05) is 0 Å². The molecule has 0 amide bonds. The van der Waals surface area contributed by atoms with Crippen molar-refractivity contribution in [1.29, 1.82) is 0 Å². The van der Waals surface area contributed by atoms with Crippen molar-refractivity contribution in [3.8, 4) is 0 Å². The van der Waals surface area contributed by atoms with Crippen molar-refractivity contribution >= 4 is 12.4 Å². The van der Waals surface area contributed by atoms with Crippen molar-refractivity contribution in [3.63, 3.8) is 0 Å². The van der Waals surface area contributed by atoms with Crippen molar-refractivity contribution in [2.45, 2.75) is 13.0 Å². The molecule has 0 saturated carbocycles. The number of hydrogen-bond donors (Lipinski definition) is 1. The van der Waals surface area contributed by atoms with Gasteiger partial charge in [0.25, 0.3) is 0 Å². The van der Waals surface area contributed by atoms with Gasteiger partial charge >= 0.3 is 0 Å². The minimum Gasteiger partial charge on any atom is -0.376 e. The van der Waals surface area contributed by atoms with E-state index in [2.05, 4.69) is 12.2 Å². The number of hydrogen-bond acceptors (Lipinski definition) is 2. The van der Waals surface area contributed by atoms with E-state index in [0.717, 1.165) is 19.7 Å². The van der Waals surface area contributed by atoms with Gasteiger partial charge in [0.05, 0.1) is 12.7 Å². The number of halogens is 1. The summed E-state index contributed by atoms with van der Waals surface area (Å²) in [4.78, 5) is 0. The van der Waals surface area contributed by atoms with Gasteiger partial charge in [0.15, 0.2) is 0 Å². The fraction of sp³-hybridized carbons (Fsp3) is 1.00. The molecule has 1 saturated heterocycles. The molecular formula is C5H12ClNO. The normalized spacial score (nSPS) is 28.9. The molecule has 0 radical (unpaired) electrons. The maximum absolute atomic E-state index is 5.22. The summed E-state index contributed by atoms with van der Waals surface area (Å²) in [6.07, 6.45) is 0.425. The zero-order valence-corrected chi connectivity index (χ0v) is 5.83. The third-order valence-electron chi connectivity index (χ3n) is 1.11. The lowest BCUT2D eigenvalue weighted by molar-refractivity contribution is 0.0410. The van der Waals surface area contributed by atoms with Crippen LogP contribution in [0.25, 0.3) is 0 Å². The summed E-state index contributed by atoms with van der Waals surface area (Å²) >= 11 is 0. The van der Waals surface area contributed by atoms with Crippen LogP contribution in [0.5, 0.6) is 0 Å². The van der Waals surface area contributed by atoms with Gasteiger partial charge in [-0.05, 0) is 6.92 Å². The Balaban J connectivity index is 0.000000490. The second-order valence-electron chi connectivity index (χ2n) is 1.89. The van der Waals surface area contributed by atoms with Crippen LogP contribution in [0.2, 0.25) is 0 Å². The monoisotopic (exact) mass is 137 g/mol. The lowest BCUT2D eigenvalue weighted by Crippen LogP contribution is -2.36. The summed E-state index contributed by atoms with van der Waals surface area (Å²) in [6, 6.07) is 0. The Kier molecular flexibility index (Phi) is 4.23. The molecule has 0 aromatic carbocycles. The standard InChI is InChI=1S/C5H11NO.ClH/c1-5-4-6-2-3-7-5;/h5-6H,2-4H2,1H3;1H/t5-;/m1./s1. The summed E-state index contributed by atoms with van der Waals surface area (Å²) < 4.78 is 5.22. The summed E-state index contributed by atoms with van der Waals surface area (Å²) in [7, 11) is 0. The van der Waals surface area contributed by atoms with Gasteiger partial charge < -0.3 is 10.1 Å². The van der Waals surface area contributed by atoms with E-state index in [0.29, 0.717) is 6.10 Å². The first kappa shape index (κ1) is 8.21. The van der Waals surface area contributed by atoms with Gasteiger partial charge in [0.1, 0.15) is 0 Å². The molecule has 1 aliphatic rings. The van der Waals surface area contributed by atoms with E-state index in [1.165, 1.54) is 0 Å². The summed E-state index contributed by atoms with van der Waals surface area (Å²) in [6.45, 7) is 4.98. The van der Waals surface area contributed by atoms with Gasteiger partial charge in [0.2, 0.25) is 0 Å². The molecule has 1 rings (SSSR count). The molecule has 0 unspecified atom stereocenters. The molecule has 1 fully saturated rings. The smallest absolute Gasteiger partial charge is 0.0672 e. The minimum absolute atomic E-state index is 0. The van der Waals surface area contributed by atoms with E-state index < -0.39 is 0 Å². The maximum Gasteiger partial charge on any atom is 0.0672 e. The molecule has 1 heterocycles. The van der Waals surface area contributed by atoms with E-state index in [4.69, 9.17) is 4.74 Å². The van der Waals surface area contributed by atoms with Crippen LogP contribution >= 0.6 is 12.4 Å². The number of morpholine rings is 1. The average molecular weight is 138 g/mol. The quantitative estimate of drug-likeness (QED) is 0.523. The van der Waals surface area contributed by atoms with Crippen LogP contribution in [0.3, 0.4) is 0 Å². The minimum atomic E-state index is 0. The van der Waals surface area contributed by atoms with E-state index in [1.54, 1.807) is 0 Å². The van der Waals surface area contributed by atoms with Gasteiger partial charge in [-0.2, -0.15) is 0 Å². The average Bonchev–Trinajstić information content (AvgIpc) is 1.69. The molecule has 0 aliphatic carbocycles. The Morgan fingerprint density at radius 1 is 1.62 bits per heavy atom. The van der Waals surface area contributed by atoms with E-state index >= 15 is 0 Å².